The molecule has 1 aromatic carbocycles. The van der Waals surface area contributed by atoms with Crippen molar-refractivity contribution >= 4 is 16.1 Å². The molecule has 0 unspecified atom stereocenters. The number of benzene rings is 1. The lowest BCUT2D eigenvalue weighted by molar-refractivity contribution is 0.0946. The predicted molar refractivity (Wildman–Crippen MR) is 112 cm³/mol. The molecule has 1 amide bonds. The molecule has 8 nitrogen and oxygen atoms in total. The maximum Gasteiger partial charge on any atom is 0.410 e. The van der Waals surface area contributed by atoms with Crippen molar-refractivity contribution in [3.8, 4) is 0 Å². The average molecular weight is 433 g/mol. The Morgan fingerprint density at radius 2 is 1.87 bits per heavy atom. The zero-order valence-electron chi connectivity index (χ0n) is 17.0. The molecule has 0 spiro atoms. The van der Waals surface area contributed by atoms with Gasteiger partial charge in [0.05, 0.1) is 18.1 Å². The van der Waals surface area contributed by atoms with E-state index in [9.17, 15) is 13.2 Å². The van der Waals surface area contributed by atoms with E-state index in [1.54, 1.807) is 21.7 Å². The Hall–Kier alpha value is -2.39. The third kappa shape index (κ3) is 4.84. The van der Waals surface area contributed by atoms with Crippen LogP contribution in [-0.4, -0.2) is 64.7 Å². The number of hydrogen-bond donors (Lipinski definition) is 0. The van der Waals surface area contributed by atoms with Gasteiger partial charge in [0.25, 0.3) is 0 Å². The van der Waals surface area contributed by atoms with E-state index in [4.69, 9.17) is 4.74 Å². The van der Waals surface area contributed by atoms with Crippen molar-refractivity contribution in [2.45, 2.75) is 44.4 Å². The van der Waals surface area contributed by atoms with Crippen molar-refractivity contribution in [2.24, 2.45) is 0 Å². The lowest BCUT2D eigenvalue weighted by Crippen LogP contribution is -2.46. The number of amides is 1. The highest BCUT2D eigenvalue weighted by atomic mass is 32.2. The molecule has 2 aliphatic rings. The number of sulfonamides is 1. The molecule has 4 rings (SSSR count). The minimum atomic E-state index is -3.43. The first-order valence-corrected chi connectivity index (χ1v) is 12.1. The third-order valence-electron chi connectivity index (χ3n) is 5.98. The van der Waals surface area contributed by atoms with Crippen LogP contribution in [0.15, 0.2) is 49.1 Å². The average Bonchev–Trinajstić information content (AvgIpc) is 3.45. The lowest BCUT2D eigenvalue weighted by atomic mass is 10.1. The molecule has 3 heterocycles. The summed E-state index contributed by atoms with van der Waals surface area (Å²) >= 11 is 0. The van der Waals surface area contributed by atoms with Crippen molar-refractivity contribution in [1.29, 1.82) is 0 Å². The number of piperidine rings is 1. The summed E-state index contributed by atoms with van der Waals surface area (Å²) in [6, 6.07) is 9.44. The Kier molecular flexibility index (Phi) is 6.38. The molecule has 0 aliphatic carbocycles. The number of rotatable bonds is 6. The zero-order chi connectivity index (χ0) is 21.0. The van der Waals surface area contributed by atoms with Gasteiger partial charge in [-0.3, -0.25) is 0 Å². The summed E-state index contributed by atoms with van der Waals surface area (Å²) in [6.07, 6.45) is 8.03. The molecule has 2 saturated heterocycles. The molecule has 9 heteroatoms. The minimum Gasteiger partial charge on any atom is -0.445 e. The largest absolute Gasteiger partial charge is 0.445 e. The number of aromatic nitrogens is 2. The second-order valence-corrected chi connectivity index (χ2v) is 9.96. The van der Waals surface area contributed by atoms with Crippen molar-refractivity contribution in [2.75, 3.05) is 25.4 Å². The van der Waals surface area contributed by atoms with E-state index in [1.165, 1.54) is 0 Å². The second kappa shape index (κ2) is 9.18. The molecule has 1 aromatic heterocycles. The minimum absolute atomic E-state index is 0.0385. The fourth-order valence-corrected chi connectivity index (χ4v) is 6.11. The molecule has 0 radical (unpaired) electrons. The topological polar surface area (TPSA) is 84.7 Å². The van der Waals surface area contributed by atoms with Crippen LogP contribution < -0.4 is 0 Å². The lowest BCUT2D eigenvalue weighted by Gasteiger charge is -2.33. The molecular formula is C21H28N4O4S. The van der Waals surface area contributed by atoms with Gasteiger partial charge < -0.3 is 14.2 Å². The van der Waals surface area contributed by atoms with Crippen molar-refractivity contribution in [1.82, 2.24) is 18.8 Å². The van der Waals surface area contributed by atoms with Crippen LogP contribution in [0.3, 0.4) is 0 Å². The fourth-order valence-electron chi connectivity index (χ4n) is 4.30. The summed E-state index contributed by atoms with van der Waals surface area (Å²) < 4.78 is 35.1. The fraction of sp³-hybridized carbons (Fsp3) is 0.524. The van der Waals surface area contributed by atoms with Crippen molar-refractivity contribution in [3.63, 3.8) is 0 Å². The number of imidazole rings is 1. The molecular weight excluding hydrogens is 404 g/mol. The molecule has 2 fully saturated rings. The second-order valence-electron chi connectivity index (χ2n) is 7.95. The van der Waals surface area contributed by atoms with Crippen LogP contribution in [0.5, 0.6) is 0 Å². The van der Waals surface area contributed by atoms with E-state index in [0.717, 1.165) is 24.8 Å². The Balaban J connectivity index is 1.31. The maximum atomic E-state index is 13.0. The number of hydrogen-bond acceptors (Lipinski definition) is 5. The predicted octanol–water partition coefficient (Wildman–Crippen LogP) is 2.65. The highest BCUT2D eigenvalue weighted by Crippen LogP contribution is 2.26. The standard InChI is InChI=1S/C21H28N4O4S/c26-21(29-15-18-5-2-1-3-6-18)25-11-4-7-20(25)16-30(27,28)24-12-8-19(9-13-24)23-14-10-22-17-23/h1-3,5-6,10,14,17,19-20H,4,7-9,11-13,15-16H2/t20-/m0/s1. The monoisotopic (exact) mass is 432 g/mol. The van der Waals surface area contributed by atoms with E-state index in [1.807, 2.05) is 41.1 Å². The highest BCUT2D eigenvalue weighted by molar-refractivity contribution is 7.89. The number of nitrogens with zero attached hydrogens (tertiary/aromatic N) is 4. The number of ether oxygens (including phenoxy) is 1. The summed E-state index contributed by atoms with van der Waals surface area (Å²) in [6.45, 7) is 1.72. The third-order valence-corrected chi connectivity index (χ3v) is 7.94. The molecule has 30 heavy (non-hydrogen) atoms. The van der Waals surface area contributed by atoms with Crippen LogP contribution in [-0.2, 0) is 21.4 Å². The van der Waals surface area contributed by atoms with Crippen molar-refractivity contribution < 1.29 is 17.9 Å². The number of carbonyl (C=O) groups excluding carboxylic acids is 1. The van der Waals surface area contributed by atoms with Crippen LogP contribution in [0.4, 0.5) is 4.79 Å². The number of carbonyl (C=O) groups is 1. The summed E-state index contributed by atoms with van der Waals surface area (Å²) in [4.78, 5) is 18.2. The molecule has 162 valence electrons. The van der Waals surface area contributed by atoms with E-state index >= 15 is 0 Å². The molecule has 1 atom stereocenters. The Labute approximate surface area is 177 Å². The normalized spacial score (nSPS) is 21.1. The molecule has 0 bridgehead atoms. The van der Waals surface area contributed by atoms with Gasteiger partial charge in [-0.25, -0.2) is 22.5 Å². The van der Waals surface area contributed by atoms with Gasteiger partial charge in [-0.1, -0.05) is 30.3 Å². The molecule has 0 saturated carbocycles. The maximum absolute atomic E-state index is 13.0. The molecule has 0 N–H and O–H groups in total. The van der Waals surface area contributed by atoms with Crippen LogP contribution in [0.1, 0.15) is 37.3 Å². The van der Waals surface area contributed by atoms with Gasteiger partial charge >= 0.3 is 6.09 Å². The smallest absolute Gasteiger partial charge is 0.410 e. The Bertz CT molecular complexity index is 925. The first-order valence-electron chi connectivity index (χ1n) is 10.5. The zero-order valence-corrected chi connectivity index (χ0v) is 17.8. The van der Waals surface area contributed by atoms with Gasteiger partial charge in [0.2, 0.25) is 10.0 Å². The van der Waals surface area contributed by atoms with Gasteiger partial charge in [-0.05, 0) is 31.2 Å². The van der Waals surface area contributed by atoms with Crippen LogP contribution >= 0.6 is 0 Å². The quantitative estimate of drug-likeness (QED) is 0.701. The first-order chi connectivity index (χ1) is 14.5. The van der Waals surface area contributed by atoms with Crippen LogP contribution in [0.25, 0.3) is 0 Å². The van der Waals surface area contributed by atoms with Crippen LogP contribution in [0, 0.1) is 0 Å². The van der Waals surface area contributed by atoms with Crippen molar-refractivity contribution in [3.05, 3.63) is 54.6 Å². The van der Waals surface area contributed by atoms with E-state index in [-0.39, 0.29) is 24.4 Å². The molecule has 2 aromatic rings. The van der Waals surface area contributed by atoms with Gasteiger partial charge in [0.15, 0.2) is 0 Å². The summed E-state index contributed by atoms with van der Waals surface area (Å²) in [7, 11) is -3.43. The number of likely N-dealkylation sites (tertiary alicyclic amines) is 1. The summed E-state index contributed by atoms with van der Waals surface area (Å²) in [5, 5.41) is 0. The van der Waals surface area contributed by atoms with E-state index in [2.05, 4.69) is 4.98 Å². The van der Waals surface area contributed by atoms with Gasteiger partial charge in [-0.2, -0.15) is 0 Å². The summed E-state index contributed by atoms with van der Waals surface area (Å²) in [5.74, 6) is -0.0385. The Morgan fingerprint density at radius 1 is 1.10 bits per heavy atom. The van der Waals surface area contributed by atoms with E-state index in [0.29, 0.717) is 26.1 Å². The Morgan fingerprint density at radius 3 is 2.57 bits per heavy atom. The SMILES string of the molecule is O=C(OCc1ccccc1)N1CCC[C@H]1CS(=O)(=O)N1CCC(n2ccnc2)CC1. The van der Waals surface area contributed by atoms with Crippen LogP contribution in [0.2, 0.25) is 0 Å². The van der Waals surface area contributed by atoms with Gasteiger partial charge in [-0.15, -0.1) is 0 Å². The van der Waals surface area contributed by atoms with E-state index < -0.39 is 16.1 Å². The highest BCUT2D eigenvalue weighted by Gasteiger charge is 2.37. The van der Waals surface area contributed by atoms with Gasteiger partial charge in [0.1, 0.15) is 6.61 Å². The molecule has 2 aliphatic heterocycles. The van der Waals surface area contributed by atoms with Gasteiger partial charge in [0, 0.05) is 38.1 Å². The first kappa shape index (κ1) is 20.9. The summed E-state index contributed by atoms with van der Waals surface area (Å²) in [5.41, 5.74) is 0.912.